The Hall–Kier alpha value is -2.41. The lowest BCUT2D eigenvalue weighted by Crippen LogP contribution is -2.30. The van der Waals surface area contributed by atoms with Crippen molar-refractivity contribution in [1.82, 2.24) is 15.1 Å². The van der Waals surface area contributed by atoms with E-state index in [1.165, 1.54) is 24.3 Å². The van der Waals surface area contributed by atoms with E-state index in [1.54, 1.807) is 22.9 Å². The normalized spacial score (nSPS) is 12.1. The van der Waals surface area contributed by atoms with Gasteiger partial charge in [-0.05, 0) is 49.7 Å². The smallest absolute Gasteiger partial charge is 0.224 e. The van der Waals surface area contributed by atoms with E-state index in [4.69, 9.17) is 23.2 Å². The van der Waals surface area contributed by atoms with E-state index >= 15 is 0 Å². The molecule has 8 heteroatoms. The lowest BCUT2D eigenvalue weighted by atomic mass is 10.1. The number of aliphatic hydroxyl groups is 1. The van der Waals surface area contributed by atoms with Gasteiger partial charge in [0.15, 0.2) is 0 Å². The van der Waals surface area contributed by atoms with Gasteiger partial charge in [-0.15, -0.1) is 0 Å². The highest BCUT2D eigenvalue weighted by Gasteiger charge is 2.18. The molecule has 1 aromatic heterocycles. The Morgan fingerprint density at radius 2 is 1.90 bits per heavy atom. The largest absolute Gasteiger partial charge is 0.387 e. The van der Waals surface area contributed by atoms with Crippen molar-refractivity contribution in [2.24, 2.45) is 0 Å². The Morgan fingerprint density at radius 1 is 1.21 bits per heavy atom. The Kier molecular flexibility index (Phi) is 6.57. The number of rotatable bonds is 6. The summed E-state index contributed by atoms with van der Waals surface area (Å²) in [5.74, 6) is -0.632. The third kappa shape index (κ3) is 4.96. The lowest BCUT2D eigenvalue weighted by molar-refractivity contribution is -0.120. The number of hydrogen-bond acceptors (Lipinski definition) is 3. The molecule has 2 N–H and O–H groups in total. The summed E-state index contributed by atoms with van der Waals surface area (Å²) in [6.07, 6.45) is -0.809. The van der Waals surface area contributed by atoms with Crippen LogP contribution in [0.15, 0.2) is 42.5 Å². The molecule has 3 rings (SSSR count). The highest BCUT2D eigenvalue weighted by molar-refractivity contribution is 6.35. The van der Waals surface area contributed by atoms with Gasteiger partial charge in [-0.25, -0.2) is 9.07 Å². The maximum atomic E-state index is 13.0. The molecule has 0 aliphatic carbocycles. The molecule has 0 saturated heterocycles. The maximum Gasteiger partial charge on any atom is 0.224 e. The molecular formula is C21H20Cl2FN3O2. The maximum absolute atomic E-state index is 13.0. The first-order chi connectivity index (χ1) is 13.8. The van der Waals surface area contributed by atoms with Gasteiger partial charge in [0.05, 0.1) is 28.9 Å². The van der Waals surface area contributed by atoms with Crippen molar-refractivity contribution in [3.8, 4) is 5.69 Å². The van der Waals surface area contributed by atoms with E-state index in [-0.39, 0.29) is 24.7 Å². The molecule has 1 amide bonds. The monoisotopic (exact) mass is 435 g/mol. The van der Waals surface area contributed by atoms with Gasteiger partial charge in [-0.2, -0.15) is 5.10 Å². The predicted octanol–water partition coefficient (Wildman–Crippen LogP) is 4.33. The Balaban J connectivity index is 1.69. The van der Waals surface area contributed by atoms with E-state index in [0.29, 0.717) is 27.0 Å². The molecule has 5 nitrogen and oxygen atoms in total. The molecule has 0 saturated carbocycles. The summed E-state index contributed by atoms with van der Waals surface area (Å²) < 4.78 is 14.7. The molecular weight excluding hydrogens is 416 g/mol. The molecule has 1 atom stereocenters. The standard InChI is InChI=1S/C21H20Cl2FN3O2/c1-12-17(13(2)27(26-12)19-8-5-15(22)9-18(19)23)10-21(29)25-11-20(28)14-3-6-16(24)7-4-14/h3-9,20,28H,10-11H2,1-2H3,(H,25,29). The van der Waals surface area contributed by atoms with Crippen LogP contribution < -0.4 is 5.32 Å². The van der Waals surface area contributed by atoms with Gasteiger partial charge in [0.25, 0.3) is 0 Å². The minimum atomic E-state index is -0.919. The molecule has 0 radical (unpaired) electrons. The average Bonchev–Trinajstić information content (AvgIpc) is 2.95. The van der Waals surface area contributed by atoms with E-state index < -0.39 is 6.10 Å². The molecule has 0 bridgehead atoms. The van der Waals surface area contributed by atoms with Crippen LogP contribution in [-0.4, -0.2) is 27.3 Å². The highest BCUT2D eigenvalue weighted by Crippen LogP contribution is 2.27. The predicted molar refractivity (Wildman–Crippen MR) is 111 cm³/mol. The quantitative estimate of drug-likeness (QED) is 0.605. The second-order valence-electron chi connectivity index (χ2n) is 6.71. The van der Waals surface area contributed by atoms with Crippen LogP contribution in [0, 0.1) is 19.7 Å². The SMILES string of the molecule is Cc1nn(-c2ccc(Cl)cc2Cl)c(C)c1CC(=O)NCC(O)c1ccc(F)cc1. The Morgan fingerprint density at radius 3 is 2.55 bits per heavy atom. The second kappa shape index (κ2) is 8.95. The summed E-state index contributed by atoms with van der Waals surface area (Å²) in [6.45, 7) is 3.71. The number of aliphatic hydroxyl groups excluding tert-OH is 1. The number of nitrogens with one attached hydrogen (secondary N) is 1. The van der Waals surface area contributed by atoms with E-state index in [1.807, 2.05) is 13.8 Å². The number of halogens is 3. The molecule has 3 aromatic rings. The fourth-order valence-electron chi connectivity index (χ4n) is 3.05. The van der Waals surface area contributed by atoms with E-state index in [9.17, 15) is 14.3 Å². The first kappa shape index (κ1) is 21.3. The average molecular weight is 436 g/mol. The van der Waals surface area contributed by atoms with Crippen LogP contribution in [0.5, 0.6) is 0 Å². The molecule has 152 valence electrons. The molecule has 2 aromatic carbocycles. The van der Waals surface area contributed by atoms with Crippen LogP contribution >= 0.6 is 23.2 Å². The molecule has 1 heterocycles. The third-order valence-corrected chi connectivity index (χ3v) is 5.20. The topological polar surface area (TPSA) is 67.2 Å². The van der Waals surface area contributed by atoms with Crippen molar-refractivity contribution < 1.29 is 14.3 Å². The van der Waals surface area contributed by atoms with Crippen molar-refractivity contribution in [1.29, 1.82) is 0 Å². The summed E-state index contributed by atoms with van der Waals surface area (Å²) in [5.41, 5.74) is 3.49. The number of carbonyl (C=O) groups excluding carboxylic acids is 1. The van der Waals surface area contributed by atoms with Crippen LogP contribution in [0.3, 0.4) is 0 Å². The molecule has 0 fully saturated rings. The third-order valence-electron chi connectivity index (χ3n) is 4.66. The van der Waals surface area contributed by atoms with Gasteiger partial charge >= 0.3 is 0 Å². The zero-order chi connectivity index (χ0) is 21.1. The Bertz CT molecular complexity index is 1040. The first-order valence-electron chi connectivity index (χ1n) is 8.97. The zero-order valence-corrected chi connectivity index (χ0v) is 17.4. The number of amides is 1. The minimum Gasteiger partial charge on any atom is -0.387 e. The van der Waals surface area contributed by atoms with Gasteiger partial charge in [-0.1, -0.05) is 35.3 Å². The molecule has 0 spiro atoms. The molecule has 1 unspecified atom stereocenters. The van der Waals surface area contributed by atoms with Crippen LogP contribution in [0.4, 0.5) is 4.39 Å². The number of hydrogen-bond donors (Lipinski definition) is 2. The summed E-state index contributed by atoms with van der Waals surface area (Å²) in [6, 6.07) is 10.6. The number of aromatic nitrogens is 2. The van der Waals surface area contributed by atoms with Gasteiger partial charge < -0.3 is 10.4 Å². The van der Waals surface area contributed by atoms with Gasteiger partial charge in [-0.3, -0.25) is 4.79 Å². The van der Waals surface area contributed by atoms with E-state index in [2.05, 4.69) is 10.4 Å². The number of nitrogens with zero attached hydrogens (tertiary/aromatic N) is 2. The summed E-state index contributed by atoms with van der Waals surface area (Å²) in [4.78, 5) is 12.4. The number of benzene rings is 2. The molecule has 0 aliphatic heterocycles. The van der Waals surface area contributed by atoms with Crippen LogP contribution in [-0.2, 0) is 11.2 Å². The van der Waals surface area contributed by atoms with Gasteiger partial charge in [0.1, 0.15) is 5.82 Å². The first-order valence-corrected chi connectivity index (χ1v) is 9.72. The molecule has 29 heavy (non-hydrogen) atoms. The summed E-state index contributed by atoms with van der Waals surface area (Å²) >= 11 is 12.2. The number of aryl methyl sites for hydroxylation is 1. The minimum absolute atomic E-state index is 0.0275. The molecule has 0 aliphatic rings. The zero-order valence-electron chi connectivity index (χ0n) is 15.9. The van der Waals surface area contributed by atoms with Gasteiger partial charge in [0, 0.05) is 22.8 Å². The summed E-state index contributed by atoms with van der Waals surface area (Å²) in [7, 11) is 0. The Labute approximate surface area is 178 Å². The highest BCUT2D eigenvalue weighted by atomic mass is 35.5. The fraction of sp³-hybridized carbons (Fsp3) is 0.238. The van der Waals surface area contributed by atoms with Crippen molar-refractivity contribution in [3.63, 3.8) is 0 Å². The van der Waals surface area contributed by atoms with Gasteiger partial charge in [0.2, 0.25) is 5.91 Å². The fourth-order valence-corrected chi connectivity index (χ4v) is 3.54. The summed E-state index contributed by atoms with van der Waals surface area (Å²) in [5, 5.41) is 18.4. The van der Waals surface area contributed by atoms with Crippen LogP contribution in [0.2, 0.25) is 10.0 Å². The van der Waals surface area contributed by atoms with Crippen molar-refractivity contribution in [2.75, 3.05) is 6.54 Å². The number of carbonyl (C=O) groups is 1. The lowest BCUT2D eigenvalue weighted by Gasteiger charge is -2.12. The van der Waals surface area contributed by atoms with Crippen molar-refractivity contribution in [2.45, 2.75) is 26.4 Å². The van der Waals surface area contributed by atoms with Crippen molar-refractivity contribution in [3.05, 3.63) is 80.8 Å². The van der Waals surface area contributed by atoms with Crippen molar-refractivity contribution >= 4 is 29.1 Å². The second-order valence-corrected chi connectivity index (χ2v) is 7.55. The van der Waals surface area contributed by atoms with Crippen LogP contribution in [0.25, 0.3) is 5.69 Å². The van der Waals surface area contributed by atoms with E-state index in [0.717, 1.165) is 11.3 Å². The van der Waals surface area contributed by atoms with Crippen LogP contribution in [0.1, 0.15) is 28.6 Å².